The van der Waals surface area contributed by atoms with Gasteiger partial charge in [0.05, 0.1) is 0 Å². The van der Waals surface area contributed by atoms with E-state index in [4.69, 9.17) is 10.9 Å². The third kappa shape index (κ3) is 1.48. The quantitative estimate of drug-likeness (QED) is 0.641. The smallest absolute Gasteiger partial charge is 0.302 e. The molecule has 0 spiro atoms. The fourth-order valence-corrected chi connectivity index (χ4v) is 0.998. The van der Waals surface area contributed by atoms with Crippen molar-refractivity contribution in [3.8, 4) is 23.7 Å². The normalized spacial score (nSPS) is 9.71. The monoisotopic (exact) mass is 188 g/mol. The zero-order valence-corrected chi connectivity index (χ0v) is 7.07. The molecule has 0 amide bonds. The van der Waals surface area contributed by atoms with E-state index in [1.807, 2.05) is 0 Å². The topological polar surface area (TPSA) is 38.9 Å². The third-order valence-corrected chi connectivity index (χ3v) is 1.65. The highest BCUT2D eigenvalue weighted by atomic mass is 19.1. The highest BCUT2D eigenvalue weighted by Crippen LogP contribution is 2.15. The van der Waals surface area contributed by atoms with Crippen LogP contribution in [0.1, 0.15) is 5.89 Å². The molecule has 0 aliphatic carbocycles. The molecule has 4 heteroatoms. The molecular weight excluding hydrogens is 183 g/mol. The van der Waals surface area contributed by atoms with Gasteiger partial charge in [-0.1, -0.05) is 5.16 Å². The molecule has 0 saturated heterocycles. The molecule has 0 aliphatic rings. The van der Waals surface area contributed by atoms with E-state index in [9.17, 15) is 4.39 Å². The Morgan fingerprint density at radius 3 is 2.57 bits per heavy atom. The lowest BCUT2D eigenvalue weighted by Gasteiger charge is -1.91. The van der Waals surface area contributed by atoms with Gasteiger partial charge in [0.15, 0.2) is 0 Å². The molecule has 0 N–H and O–H groups in total. The summed E-state index contributed by atoms with van der Waals surface area (Å²) in [5.41, 5.74) is 0.664. The number of hydrogen-bond donors (Lipinski definition) is 0. The number of rotatable bonds is 1. The molecule has 3 nitrogen and oxygen atoms in total. The van der Waals surface area contributed by atoms with Crippen LogP contribution in [-0.4, -0.2) is 10.1 Å². The van der Waals surface area contributed by atoms with Gasteiger partial charge in [-0.15, -0.1) is 6.42 Å². The van der Waals surface area contributed by atoms with Crippen molar-refractivity contribution in [2.24, 2.45) is 0 Å². The Kier molecular flexibility index (Phi) is 1.99. The largest absolute Gasteiger partial charge is 0.325 e. The summed E-state index contributed by atoms with van der Waals surface area (Å²) in [4.78, 5) is 3.89. The molecule has 0 atom stereocenters. The molecule has 0 saturated carbocycles. The van der Waals surface area contributed by atoms with Crippen molar-refractivity contribution in [3.63, 3.8) is 0 Å². The summed E-state index contributed by atoms with van der Waals surface area (Å²) >= 11 is 0. The van der Waals surface area contributed by atoms with Gasteiger partial charge in [0.2, 0.25) is 5.82 Å². The Morgan fingerprint density at radius 2 is 2.00 bits per heavy atom. The molecule has 2 rings (SSSR count). The molecular formula is C10H5FN2O. The van der Waals surface area contributed by atoms with E-state index in [2.05, 4.69) is 16.1 Å². The predicted octanol–water partition coefficient (Wildman–Crippen LogP) is 1.86. The van der Waals surface area contributed by atoms with E-state index in [1.165, 1.54) is 12.1 Å². The van der Waals surface area contributed by atoms with Gasteiger partial charge in [-0.2, -0.15) is 4.98 Å². The van der Waals surface area contributed by atoms with Gasteiger partial charge in [-0.3, -0.25) is 0 Å². The number of terminal acetylenes is 1. The van der Waals surface area contributed by atoms with E-state index >= 15 is 0 Å². The number of nitrogens with zero attached hydrogens (tertiary/aromatic N) is 2. The standard InChI is InChI=1S/C10H5FN2O/c1-2-9-12-10(13-14-9)7-3-5-8(11)6-4-7/h1,3-6H. The predicted molar refractivity (Wildman–Crippen MR) is 47.6 cm³/mol. The molecule has 68 valence electrons. The third-order valence-electron chi connectivity index (χ3n) is 1.65. The Labute approximate surface area is 79.6 Å². The van der Waals surface area contributed by atoms with Crippen LogP contribution in [0.15, 0.2) is 28.8 Å². The number of hydrogen-bond acceptors (Lipinski definition) is 3. The first-order chi connectivity index (χ1) is 6.79. The molecule has 0 aliphatic heterocycles. The van der Waals surface area contributed by atoms with E-state index in [-0.39, 0.29) is 11.7 Å². The van der Waals surface area contributed by atoms with Crippen LogP contribution in [-0.2, 0) is 0 Å². The fourth-order valence-electron chi connectivity index (χ4n) is 0.998. The van der Waals surface area contributed by atoms with Gasteiger partial charge in [0, 0.05) is 5.56 Å². The minimum atomic E-state index is -0.311. The minimum Gasteiger partial charge on any atom is -0.325 e. The van der Waals surface area contributed by atoms with Gasteiger partial charge < -0.3 is 4.52 Å². The number of halogens is 1. The highest BCUT2D eigenvalue weighted by Gasteiger charge is 2.05. The molecule has 0 radical (unpaired) electrons. The summed E-state index contributed by atoms with van der Waals surface area (Å²) in [6, 6.07) is 5.75. The summed E-state index contributed by atoms with van der Waals surface area (Å²) in [7, 11) is 0. The lowest BCUT2D eigenvalue weighted by atomic mass is 10.2. The van der Waals surface area contributed by atoms with Crippen molar-refractivity contribution >= 4 is 0 Å². The van der Waals surface area contributed by atoms with Crippen LogP contribution in [0.25, 0.3) is 11.4 Å². The van der Waals surface area contributed by atoms with E-state index in [1.54, 1.807) is 12.1 Å². The van der Waals surface area contributed by atoms with Crippen molar-refractivity contribution in [2.75, 3.05) is 0 Å². The van der Waals surface area contributed by atoms with E-state index < -0.39 is 0 Å². The van der Waals surface area contributed by atoms with Crippen molar-refractivity contribution < 1.29 is 8.91 Å². The zero-order chi connectivity index (χ0) is 9.97. The van der Waals surface area contributed by atoms with Gasteiger partial charge in [0.1, 0.15) is 5.82 Å². The second-order valence-electron chi connectivity index (χ2n) is 2.57. The Morgan fingerprint density at radius 1 is 1.29 bits per heavy atom. The fraction of sp³-hybridized carbons (Fsp3) is 0. The van der Waals surface area contributed by atoms with E-state index in [0.29, 0.717) is 11.4 Å². The van der Waals surface area contributed by atoms with Crippen LogP contribution in [0.4, 0.5) is 4.39 Å². The number of aromatic nitrogens is 2. The van der Waals surface area contributed by atoms with E-state index in [0.717, 1.165) is 0 Å². The van der Waals surface area contributed by atoms with Crippen LogP contribution in [0.2, 0.25) is 0 Å². The van der Waals surface area contributed by atoms with Gasteiger partial charge in [0.25, 0.3) is 0 Å². The van der Waals surface area contributed by atoms with Crippen LogP contribution < -0.4 is 0 Å². The average Bonchev–Trinajstić information content (AvgIpc) is 2.67. The second kappa shape index (κ2) is 3.30. The maximum Gasteiger partial charge on any atom is 0.302 e. The molecule has 0 bridgehead atoms. The lowest BCUT2D eigenvalue weighted by molar-refractivity contribution is 0.409. The van der Waals surface area contributed by atoms with Crippen molar-refractivity contribution in [1.82, 2.24) is 10.1 Å². The van der Waals surface area contributed by atoms with Crippen LogP contribution >= 0.6 is 0 Å². The lowest BCUT2D eigenvalue weighted by Crippen LogP contribution is -1.81. The van der Waals surface area contributed by atoms with Crippen molar-refractivity contribution in [1.29, 1.82) is 0 Å². The van der Waals surface area contributed by atoms with Crippen molar-refractivity contribution in [2.45, 2.75) is 0 Å². The van der Waals surface area contributed by atoms with Crippen LogP contribution in [0.3, 0.4) is 0 Å². The Balaban J connectivity index is 2.40. The summed E-state index contributed by atoms with van der Waals surface area (Å²) in [5, 5.41) is 3.64. The maximum absolute atomic E-state index is 12.6. The molecule has 0 unspecified atom stereocenters. The summed E-state index contributed by atoms with van der Waals surface area (Å²) in [6.07, 6.45) is 5.06. The highest BCUT2D eigenvalue weighted by molar-refractivity contribution is 5.54. The second-order valence-corrected chi connectivity index (χ2v) is 2.57. The first-order valence-corrected chi connectivity index (χ1v) is 3.86. The van der Waals surface area contributed by atoms with Gasteiger partial charge >= 0.3 is 5.89 Å². The minimum absolute atomic E-state index is 0.115. The average molecular weight is 188 g/mol. The summed E-state index contributed by atoms with van der Waals surface area (Å²) < 4.78 is 17.3. The number of benzene rings is 1. The summed E-state index contributed by atoms with van der Waals surface area (Å²) in [5.74, 6) is 2.38. The van der Waals surface area contributed by atoms with Crippen LogP contribution in [0.5, 0.6) is 0 Å². The molecule has 1 aromatic heterocycles. The Hall–Kier alpha value is -2.15. The molecule has 1 aromatic carbocycles. The van der Waals surface area contributed by atoms with Gasteiger partial charge in [-0.05, 0) is 30.2 Å². The molecule has 2 aromatic rings. The molecule has 14 heavy (non-hydrogen) atoms. The molecule has 0 fully saturated rings. The van der Waals surface area contributed by atoms with Crippen molar-refractivity contribution in [3.05, 3.63) is 36.0 Å². The first kappa shape index (κ1) is 8.45. The zero-order valence-electron chi connectivity index (χ0n) is 7.07. The Bertz CT molecular complexity index is 482. The SMILES string of the molecule is C#Cc1nc(-c2ccc(F)cc2)no1. The molecule has 1 heterocycles. The summed E-state index contributed by atoms with van der Waals surface area (Å²) in [6.45, 7) is 0. The van der Waals surface area contributed by atoms with Crippen LogP contribution in [0, 0.1) is 18.2 Å². The maximum atomic E-state index is 12.6. The van der Waals surface area contributed by atoms with Gasteiger partial charge in [-0.25, -0.2) is 4.39 Å². The first-order valence-electron chi connectivity index (χ1n) is 3.86.